The molecule has 4 aromatic rings. The van der Waals surface area contributed by atoms with Gasteiger partial charge in [0.2, 0.25) is 5.88 Å². The third kappa shape index (κ3) is 3.72. The topological polar surface area (TPSA) is 97.7 Å². The van der Waals surface area contributed by atoms with Gasteiger partial charge in [0.05, 0.1) is 22.5 Å². The summed E-state index contributed by atoms with van der Waals surface area (Å²) in [6.45, 7) is 7.88. The van der Waals surface area contributed by atoms with Crippen molar-refractivity contribution in [2.24, 2.45) is 13.0 Å². The van der Waals surface area contributed by atoms with Crippen molar-refractivity contribution in [3.63, 3.8) is 0 Å². The van der Waals surface area contributed by atoms with Crippen molar-refractivity contribution in [3.8, 4) is 5.88 Å². The number of aromatic nitrogens is 5. The maximum Gasteiger partial charge on any atom is 0.258 e. The van der Waals surface area contributed by atoms with Gasteiger partial charge in [0, 0.05) is 12.7 Å². The van der Waals surface area contributed by atoms with E-state index in [1.165, 1.54) is 0 Å². The van der Waals surface area contributed by atoms with E-state index < -0.39 is 0 Å². The van der Waals surface area contributed by atoms with Crippen LogP contribution in [0.2, 0.25) is 0 Å². The normalized spacial score (nSPS) is 12.6. The highest BCUT2D eigenvalue weighted by atomic mass is 16.5. The molecule has 4 rings (SSSR count). The van der Waals surface area contributed by atoms with Crippen LogP contribution in [0.5, 0.6) is 5.88 Å². The molecule has 1 atom stereocenters. The van der Waals surface area contributed by atoms with Gasteiger partial charge in [-0.3, -0.25) is 4.79 Å². The molecule has 3 heterocycles. The number of carbonyl (C=O) groups excluding carboxylic acids is 1. The quantitative estimate of drug-likeness (QED) is 0.512. The van der Waals surface area contributed by atoms with Crippen LogP contribution in [0.25, 0.3) is 22.1 Å². The fourth-order valence-electron chi connectivity index (χ4n) is 3.67. The van der Waals surface area contributed by atoms with Gasteiger partial charge in [-0.05, 0) is 43.5 Å². The van der Waals surface area contributed by atoms with Gasteiger partial charge < -0.3 is 15.0 Å². The van der Waals surface area contributed by atoms with Gasteiger partial charge in [-0.15, -0.1) is 5.10 Å². The van der Waals surface area contributed by atoms with Crippen LogP contribution in [0.15, 0.2) is 30.3 Å². The van der Waals surface area contributed by atoms with Gasteiger partial charge in [-0.1, -0.05) is 26.0 Å². The number of hydrogen-bond acceptors (Lipinski definition) is 5. The zero-order valence-corrected chi connectivity index (χ0v) is 17.9. The minimum absolute atomic E-state index is 0.136. The molecule has 0 aliphatic rings. The number of imidazole rings is 1. The molecule has 0 bridgehead atoms. The average molecular weight is 406 g/mol. The van der Waals surface area contributed by atoms with Gasteiger partial charge in [0.1, 0.15) is 5.82 Å². The van der Waals surface area contributed by atoms with Crippen molar-refractivity contribution in [1.29, 1.82) is 0 Å². The first-order valence-electron chi connectivity index (χ1n) is 10.0. The predicted octanol–water partition coefficient (Wildman–Crippen LogP) is 3.35. The van der Waals surface area contributed by atoms with Crippen LogP contribution in [0.1, 0.15) is 37.0 Å². The SMILES string of the molecule is Cc1cc(C)c2c(OCC(=O)NC(c3nc4ccccc4[nH]3)C(C)C)nn(C)c2n1. The summed E-state index contributed by atoms with van der Waals surface area (Å²) in [7, 11) is 1.82. The summed E-state index contributed by atoms with van der Waals surface area (Å²) >= 11 is 0. The van der Waals surface area contributed by atoms with E-state index in [1.54, 1.807) is 4.68 Å². The first-order valence-corrected chi connectivity index (χ1v) is 10.0. The number of H-pyrrole nitrogens is 1. The molecule has 0 aliphatic carbocycles. The van der Waals surface area contributed by atoms with Gasteiger partial charge in [-0.2, -0.15) is 0 Å². The Kier molecular flexibility index (Phi) is 5.15. The van der Waals surface area contributed by atoms with Crippen LogP contribution in [-0.4, -0.2) is 37.2 Å². The van der Waals surface area contributed by atoms with E-state index in [1.807, 2.05) is 65.1 Å². The smallest absolute Gasteiger partial charge is 0.258 e. The maximum absolute atomic E-state index is 12.7. The molecular formula is C22H26N6O2. The van der Waals surface area contributed by atoms with E-state index in [2.05, 4.69) is 25.4 Å². The summed E-state index contributed by atoms with van der Waals surface area (Å²) in [5.74, 6) is 1.07. The molecule has 0 spiro atoms. The Morgan fingerprint density at radius 3 is 2.73 bits per heavy atom. The number of aromatic amines is 1. The van der Waals surface area contributed by atoms with Crippen LogP contribution in [0.3, 0.4) is 0 Å². The Balaban J connectivity index is 1.50. The monoisotopic (exact) mass is 406 g/mol. The number of para-hydroxylation sites is 2. The highest BCUT2D eigenvalue weighted by Gasteiger charge is 2.23. The van der Waals surface area contributed by atoms with Crippen LogP contribution >= 0.6 is 0 Å². The van der Waals surface area contributed by atoms with E-state index in [4.69, 9.17) is 4.74 Å². The summed E-state index contributed by atoms with van der Waals surface area (Å²) in [5, 5.41) is 8.26. The van der Waals surface area contributed by atoms with E-state index in [0.29, 0.717) is 5.88 Å². The van der Waals surface area contributed by atoms with E-state index in [0.717, 1.165) is 39.1 Å². The summed E-state index contributed by atoms with van der Waals surface area (Å²) < 4.78 is 7.46. The summed E-state index contributed by atoms with van der Waals surface area (Å²) in [4.78, 5) is 25.1. The summed E-state index contributed by atoms with van der Waals surface area (Å²) in [6.07, 6.45) is 0. The third-order valence-corrected chi connectivity index (χ3v) is 5.11. The highest BCUT2D eigenvalue weighted by Crippen LogP contribution is 2.27. The minimum atomic E-state index is -0.250. The fraction of sp³-hybridized carbons (Fsp3) is 0.364. The van der Waals surface area contributed by atoms with Gasteiger partial charge in [0.15, 0.2) is 12.3 Å². The number of ether oxygens (including phenoxy) is 1. The van der Waals surface area contributed by atoms with Crippen molar-refractivity contribution < 1.29 is 9.53 Å². The second-order valence-electron chi connectivity index (χ2n) is 7.92. The Morgan fingerprint density at radius 1 is 1.23 bits per heavy atom. The fourth-order valence-corrected chi connectivity index (χ4v) is 3.67. The number of carbonyl (C=O) groups is 1. The first kappa shape index (κ1) is 19.9. The molecule has 0 saturated carbocycles. The lowest BCUT2D eigenvalue weighted by Gasteiger charge is -2.20. The van der Waals surface area contributed by atoms with Gasteiger partial charge in [-0.25, -0.2) is 14.6 Å². The molecule has 0 aliphatic heterocycles. The third-order valence-electron chi connectivity index (χ3n) is 5.11. The van der Waals surface area contributed by atoms with Crippen LogP contribution in [0, 0.1) is 19.8 Å². The zero-order chi connectivity index (χ0) is 21.4. The molecule has 3 aromatic heterocycles. The molecule has 0 radical (unpaired) electrons. The van der Waals surface area contributed by atoms with E-state index in [9.17, 15) is 4.79 Å². The molecule has 8 nitrogen and oxygen atoms in total. The molecule has 0 saturated heterocycles. The second-order valence-corrected chi connectivity index (χ2v) is 7.92. The number of rotatable bonds is 6. The number of benzene rings is 1. The van der Waals surface area contributed by atoms with E-state index >= 15 is 0 Å². The number of nitrogens with zero attached hydrogens (tertiary/aromatic N) is 4. The summed E-state index contributed by atoms with van der Waals surface area (Å²) in [5.41, 5.74) is 4.50. The summed E-state index contributed by atoms with van der Waals surface area (Å²) in [6, 6.07) is 9.55. The Hall–Kier alpha value is -3.42. The molecule has 156 valence electrons. The molecule has 0 fully saturated rings. The van der Waals surface area contributed by atoms with Crippen LogP contribution in [0.4, 0.5) is 0 Å². The van der Waals surface area contributed by atoms with Gasteiger partial charge in [0.25, 0.3) is 5.91 Å². The molecule has 8 heteroatoms. The lowest BCUT2D eigenvalue weighted by molar-refractivity contribution is -0.124. The van der Waals surface area contributed by atoms with Crippen molar-refractivity contribution >= 4 is 28.0 Å². The molecule has 2 N–H and O–H groups in total. The number of amides is 1. The molecular weight excluding hydrogens is 380 g/mol. The lowest BCUT2D eigenvalue weighted by atomic mass is 10.0. The Morgan fingerprint density at radius 2 is 2.00 bits per heavy atom. The number of hydrogen-bond donors (Lipinski definition) is 2. The zero-order valence-electron chi connectivity index (χ0n) is 17.9. The van der Waals surface area contributed by atoms with E-state index in [-0.39, 0.29) is 24.5 Å². The minimum Gasteiger partial charge on any atom is -0.466 e. The largest absolute Gasteiger partial charge is 0.466 e. The van der Waals surface area contributed by atoms with Crippen LogP contribution in [-0.2, 0) is 11.8 Å². The number of aryl methyl sites for hydroxylation is 3. The number of pyridine rings is 1. The molecule has 1 unspecified atom stereocenters. The molecule has 1 aromatic carbocycles. The lowest BCUT2D eigenvalue weighted by Crippen LogP contribution is -2.35. The Bertz CT molecular complexity index is 1190. The predicted molar refractivity (Wildman–Crippen MR) is 115 cm³/mol. The first-order chi connectivity index (χ1) is 14.3. The van der Waals surface area contributed by atoms with Crippen molar-refractivity contribution in [3.05, 3.63) is 47.4 Å². The highest BCUT2D eigenvalue weighted by molar-refractivity contribution is 5.86. The van der Waals surface area contributed by atoms with Crippen molar-refractivity contribution in [2.45, 2.75) is 33.7 Å². The maximum atomic E-state index is 12.7. The van der Waals surface area contributed by atoms with Gasteiger partial charge >= 0.3 is 0 Å². The van der Waals surface area contributed by atoms with Crippen LogP contribution < -0.4 is 10.1 Å². The average Bonchev–Trinajstić information content (AvgIpc) is 3.25. The molecule has 30 heavy (non-hydrogen) atoms. The number of fused-ring (bicyclic) bond motifs is 2. The van der Waals surface area contributed by atoms with Crippen molar-refractivity contribution in [1.82, 2.24) is 30.0 Å². The van der Waals surface area contributed by atoms with Crippen molar-refractivity contribution in [2.75, 3.05) is 6.61 Å². The Labute approximate surface area is 174 Å². The number of nitrogens with one attached hydrogen (secondary N) is 2. The molecule has 1 amide bonds. The standard InChI is InChI=1S/C22H26N6O2/c1-12(2)19(20-24-15-8-6-7-9-16(15)25-20)26-17(29)11-30-22-18-13(3)10-14(4)23-21(18)28(5)27-22/h6-10,12,19H,11H2,1-5H3,(H,24,25)(H,26,29). The second kappa shape index (κ2) is 7.78.